The van der Waals surface area contributed by atoms with Crippen LogP contribution in [0.5, 0.6) is 11.5 Å². The van der Waals surface area contributed by atoms with Crippen LogP contribution >= 0.6 is 11.6 Å². The summed E-state index contributed by atoms with van der Waals surface area (Å²) in [6, 6.07) is 14.0. The highest BCUT2D eigenvalue weighted by Crippen LogP contribution is 2.28. The molecule has 1 saturated heterocycles. The number of benzene rings is 2. The number of methoxy groups -OCH3 is 1. The maximum absolute atomic E-state index is 10.8. The molecule has 0 bridgehead atoms. The zero-order valence-electron chi connectivity index (χ0n) is 15.5. The van der Waals surface area contributed by atoms with Crippen molar-refractivity contribution in [3.05, 3.63) is 58.6 Å². The first-order valence-corrected chi connectivity index (χ1v) is 9.46. The Balaban J connectivity index is 1.51. The van der Waals surface area contributed by atoms with Crippen molar-refractivity contribution < 1.29 is 14.3 Å². The molecule has 1 aliphatic rings. The normalized spacial score (nSPS) is 17.0. The summed E-state index contributed by atoms with van der Waals surface area (Å²) in [5.41, 5.74) is 7.58. The van der Waals surface area contributed by atoms with Crippen molar-refractivity contribution in [2.75, 3.05) is 26.8 Å². The zero-order chi connectivity index (χ0) is 19.2. The van der Waals surface area contributed by atoms with E-state index in [2.05, 4.69) is 17.0 Å². The Kier molecular flexibility index (Phi) is 6.58. The van der Waals surface area contributed by atoms with Crippen molar-refractivity contribution in [3.63, 3.8) is 0 Å². The molecule has 144 valence electrons. The minimum atomic E-state index is -0.518. The fourth-order valence-electron chi connectivity index (χ4n) is 3.48. The van der Waals surface area contributed by atoms with Gasteiger partial charge in [-0.15, -0.1) is 0 Å². The maximum Gasteiger partial charge on any atom is 0.255 e. The predicted molar refractivity (Wildman–Crippen MR) is 106 cm³/mol. The molecule has 0 radical (unpaired) electrons. The average molecular weight is 389 g/mol. The molecule has 0 aliphatic carbocycles. The van der Waals surface area contributed by atoms with Crippen LogP contribution in [0.3, 0.4) is 0 Å². The van der Waals surface area contributed by atoms with Crippen molar-refractivity contribution in [2.45, 2.75) is 19.4 Å². The molecule has 0 saturated carbocycles. The van der Waals surface area contributed by atoms with Gasteiger partial charge in [-0.2, -0.15) is 0 Å². The Morgan fingerprint density at radius 3 is 2.63 bits per heavy atom. The first kappa shape index (κ1) is 19.5. The summed E-state index contributed by atoms with van der Waals surface area (Å²) in [7, 11) is 1.69. The summed E-state index contributed by atoms with van der Waals surface area (Å²) >= 11 is 6.25. The van der Waals surface area contributed by atoms with Crippen LogP contribution in [0.25, 0.3) is 0 Å². The average Bonchev–Trinajstić information content (AvgIpc) is 3.08. The lowest BCUT2D eigenvalue weighted by atomic mass is 9.99. The van der Waals surface area contributed by atoms with E-state index < -0.39 is 5.91 Å². The van der Waals surface area contributed by atoms with E-state index in [1.807, 2.05) is 24.3 Å². The van der Waals surface area contributed by atoms with Gasteiger partial charge in [0.1, 0.15) is 11.5 Å². The fraction of sp³-hybridized carbons (Fsp3) is 0.381. The van der Waals surface area contributed by atoms with Gasteiger partial charge in [0.05, 0.1) is 12.1 Å². The van der Waals surface area contributed by atoms with Gasteiger partial charge < -0.3 is 15.2 Å². The molecule has 6 heteroatoms. The second-order valence-corrected chi connectivity index (χ2v) is 7.37. The molecule has 0 aromatic heterocycles. The third-order valence-corrected chi connectivity index (χ3v) is 5.12. The molecular formula is C21H25ClN2O3. The number of ether oxygens (including phenoxy) is 2. The Hall–Kier alpha value is -2.24. The van der Waals surface area contributed by atoms with Gasteiger partial charge in [-0.1, -0.05) is 29.8 Å². The summed E-state index contributed by atoms with van der Waals surface area (Å²) in [6.45, 7) is 2.84. The molecule has 1 amide bonds. The van der Waals surface area contributed by atoms with Crippen molar-refractivity contribution in [1.29, 1.82) is 0 Å². The monoisotopic (exact) mass is 388 g/mol. The zero-order valence-corrected chi connectivity index (χ0v) is 16.2. The molecule has 2 N–H and O–H groups in total. The summed E-state index contributed by atoms with van der Waals surface area (Å²) in [4.78, 5) is 13.3. The number of amides is 1. The van der Waals surface area contributed by atoms with E-state index in [-0.39, 0.29) is 6.61 Å². The van der Waals surface area contributed by atoms with Crippen LogP contribution in [0, 0.1) is 5.92 Å². The molecule has 2 aromatic carbocycles. The van der Waals surface area contributed by atoms with Gasteiger partial charge >= 0.3 is 0 Å². The molecular weight excluding hydrogens is 364 g/mol. The van der Waals surface area contributed by atoms with Gasteiger partial charge in [-0.25, -0.2) is 0 Å². The number of hydrogen-bond acceptors (Lipinski definition) is 4. The Bertz CT molecular complexity index is 779. The van der Waals surface area contributed by atoms with E-state index in [1.165, 1.54) is 12.0 Å². The molecule has 1 atom stereocenters. The topological polar surface area (TPSA) is 64.8 Å². The lowest BCUT2D eigenvalue weighted by molar-refractivity contribution is -0.119. The second kappa shape index (κ2) is 9.11. The third-order valence-electron chi connectivity index (χ3n) is 4.83. The molecule has 2 aromatic rings. The minimum absolute atomic E-state index is 0.168. The number of rotatable bonds is 8. The smallest absolute Gasteiger partial charge is 0.255 e. The van der Waals surface area contributed by atoms with Crippen LogP contribution in [-0.2, 0) is 17.8 Å². The lowest BCUT2D eigenvalue weighted by Crippen LogP contribution is -2.21. The highest BCUT2D eigenvalue weighted by molar-refractivity contribution is 6.32. The molecule has 1 aliphatic heterocycles. The van der Waals surface area contributed by atoms with E-state index in [9.17, 15) is 4.79 Å². The summed E-state index contributed by atoms with van der Waals surface area (Å²) in [5, 5.41) is 0.503. The molecule has 27 heavy (non-hydrogen) atoms. The number of halogens is 1. The quantitative estimate of drug-likeness (QED) is 0.753. The van der Waals surface area contributed by atoms with Crippen molar-refractivity contribution in [1.82, 2.24) is 4.90 Å². The van der Waals surface area contributed by atoms with Crippen molar-refractivity contribution in [3.8, 4) is 11.5 Å². The van der Waals surface area contributed by atoms with E-state index in [4.69, 9.17) is 26.8 Å². The Morgan fingerprint density at radius 1 is 1.22 bits per heavy atom. The van der Waals surface area contributed by atoms with Crippen LogP contribution in [0.4, 0.5) is 0 Å². The Labute approximate surface area is 165 Å². The molecule has 5 nitrogen and oxygen atoms in total. The number of carbonyl (C=O) groups is 1. The predicted octanol–water partition coefficient (Wildman–Crippen LogP) is 3.28. The number of hydrogen-bond donors (Lipinski definition) is 1. The van der Waals surface area contributed by atoms with Gasteiger partial charge in [-0.3, -0.25) is 9.69 Å². The fourth-order valence-corrected chi connectivity index (χ4v) is 3.74. The standard InChI is InChI=1S/C21H25ClN2O3/c1-26-18-5-2-15(3-6-18)10-17-8-9-24(13-17)12-16-4-7-20(19(22)11-16)27-14-21(23)25/h2-7,11,17H,8-10,12-14H2,1H3,(H2,23,25). The van der Waals surface area contributed by atoms with Gasteiger partial charge in [0.25, 0.3) is 5.91 Å². The molecule has 3 rings (SSSR count). The van der Waals surface area contributed by atoms with Gasteiger partial charge in [0.2, 0.25) is 0 Å². The van der Waals surface area contributed by atoms with Gasteiger partial charge in [-0.05, 0) is 60.7 Å². The van der Waals surface area contributed by atoms with Crippen LogP contribution < -0.4 is 15.2 Å². The number of nitrogens with two attached hydrogens (primary N) is 1. The molecule has 1 unspecified atom stereocenters. The molecule has 0 spiro atoms. The number of likely N-dealkylation sites (tertiary alicyclic amines) is 1. The van der Waals surface area contributed by atoms with Crippen LogP contribution in [0.2, 0.25) is 5.02 Å². The summed E-state index contributed by atoms with van der Waals surface area (Å²) in [5.74, 6) is 1.52. The van der Waals surface area contributed by atoms with E-state index in [0.29, 0.717) is 16.7 Å². The van der Waals surface area contributed by atoms with Crippen LogP contribution in [-0.4, -0.2) is 37.6 Å². The first-order valence-electron chi connectivity index (χ1n) is 9.08. The van der Waals surface area contributed by atoms with Crippen molar-refractivity contribution in [2.24, 2.45) is 11.7 Å². The van der Waals surface area contributed by atoms with Crippen molar-refractivity contribution >= 4 is 17.5 Å². The summed E-state index contributed by atoms with van der Waals surface area (Å²) in [6.07, 6.45) is 2.28. The van der Waals surface area contributed by atoms with Gasteiger partial charge in [0.15, 0.2) is 6.61 Å². The largest absolute Gasteiger partial charge is 0.497 e. The first-order chi connectivity index (χ1) is 13.0. The van der Waals surface area contributed by atoms with E-state index in [1.54, 1.807) is 13.2 Å². The number of carbonyl (C=O) groups excluding carboxylic acids is 1. The number of nitrogens with zero attached hydrogens (tertiary/aromatic N) is 1. The van der Waals surface area contributed by atoms with E-state index >= 15 is 0 Å². The third kappa shape index (κ3) is 5.62. The Morgan fingerprint density at radius 2 is 1.96 bits per heavy atom. The van der Waals surface area contributed by atoms with E-state index in [0.717, 1.165) is 37.4 Å². The summed E-state index contributed by atoms with van der Waals surface area (Å²) < 4.78 is 10.5. The minimum Gasteiger partial charge on any atom is -0.497 e. The maximum atomic E-state index is 10.8. The second-order valence-electron chi connectivity index (χ2n) is 6.96. The van der Waals surface area contributed by atoms with Gasteiger partial charge in [0, 0.05) is 13.1 Å². The highest BCUT2D eigenvalue weighted by Gasteiger charge is 2.23. The van der Waals surface area contributed by atoms with Crippen LogP contribution in [0.15, 0.2) is 42.5 Å². The SMILES string of the molecule is COc1ccc(CC2CCN(Cc3ccc(OCC(N)=O)c(Cl)c3)C2)cc1. The highest BCUT2D eigenvalue weighted by atomic mass is 35.5. The molecule has 1 fully saturated rings. The molecule has 1 heterocycles. The number of primary amides is 1. The van der Waals surface area contributed by atoms with Crippen LogP contribution in [0.1, 0.15) is 17.5 Å². The lowest BCUT2D eigenvalue weighted by Gasteiger charge is -2.17.